The first-order chi connectivity index (χ1) is 11.8. The van der Waals surface area contributed by atoms with Crippen molar-refractivity contribution in [3.63, 3.8) is 0 Å². The number of rotatable bonds is 5. The van der Waals surface area contributed by atoms with E-state index in [-0.39, 0.29) is 18.3 Å². The molecular formula is C18H17ClN2O4. The van der Waals surface area contributed by atoms with Crippen molar-refractivity contribution < 1.29 is 13.9 Å². The van der Waals surface area contributed by atoms with Crippen molar-refractivity contribution in [1.82, 2.24) is 5.32 Å². The molecule has 0 radical (unpaired) electrons. The van der Waals surface area contributed by atoms with Gasteiger partial charge < -0.3 is 14.5 Å². The van der Waals surface area contributed by atoms with Crippen LogP contribution in [0.3, 0.4) is 0 Å². The number of nitrogens with one attached hydrogen (secondary N) is 1. The van der Waals surface area contributed by atoms with Crippen molar-refractivity contribution in [2.24, 2.45) is 5.92 Å². The Kier molecular flexibility index (Phi) is 4.44. The lowest BCUT2D eigenvalue weighted by Crippen LogP contribution is -2.48. The molecule has 1 aliphatic carbocycles. The first kappa shape index (κ1) is 17.3. The van der Waals surface area contributed by atoms with E-state index in [1.165, 1.54) is 12.1 Å². The Morgan fingerprint density at radius 2 is 2.20 bits per heavy atom. The molecule has 1 N–H and O–H groups in total. The third-order valence-electron chi connectivity index (χ3n) is 4.39. The van der Waals surface area contributed by atoms with Gasteiger partial charge in [0.2, 0.25) is 0 Å². The molecule has 0 spiro atoms. The van der Waals surface area contributed by atoms with Gasteiger partial charge in [0.1, 0.15) is 16.9 Å². The number of nitriles is 1. The highest BCUT2D eigenvalue weighted by atomic mass is 35.5. The second-order valence-corrected chi connectivity index (χ2v) is 6.86. The smallest absolute Gasteiger partial charge is 0.336 e. The van der Waals surface area contributed by atoms with E-state index in [0.717, 1.165) is 18.4 Å². The number of aryl methyl sites for hydroxylation is 1. The number of nitrogens with zero attached hydrogens (tertiary/aromatic N) is 1. The predicted molar refractivity (Wildman–Crippen MR) is 92.6 cm³/mol. The largest absolute Gasteiger partial charge is 0.482 e. The van der Waals surface area contributed by atoms with E-state index in [2.05, 4.69) is 11.4 Å². The highest BCUT2D eigenvalue weighted by Crippen LogP contribution is 2.39. The van der Waals surface area contributed by atoms with Gasteiger partial charge in [0.25, 0.3) is 5.91 Å². The number of hydrogen-bond donors (Lipinski definition) is 1. The van der Waals surface area contributed by atoms with Gasteiger partial charge in [-0.2, -0.15) is 5.26 Å². The summed E-state index contributed by atoms with van der Waals surface area (Å²) >= 11 is 6.19. The van der Waals surface area contributed by atoms with Gasteiger partial charge in [-0.3, -0.25) is 4.79 Å². The van der Waals surface area contributed by atoms with Crippen molar-refractivity contribution in [1.29, 1.82) is 5.26 Å². The number of benzene rings is 1. The van der Waals surface area contributed by atoms with Gasteiger partial charge in [0.05, 0.1) is 11.1 Å². The quantitative estimate of drug-likeness (QED) is 0.827. The van der Waals surface area contributed by atoms with Crippen LogP contribution in [0.4, 0.5) is 0 Å². The zero-order valence-electron chi connectivity index (χ0n) is 13.9. The molecule has 1 aliphatic rings. The summed E-state index contributed by atoms with van der Waals surface area (Å²) in [6.45, 7) is 3.21. The summed E-state index contributed by atoms with van der Waals surface area (Å²) in [5, 5.41) is 13.0. The van der Waals surface area contributed by atoms with E-state index in [0.29, 0.717) is 16.0 Å². The Bertz CT molecular complexity index is 942. The molecule has 1 fully saturated rings. The highest BCUT2D eigenvalue weighted by Gasteiger charge is 2.43. The number of fused-ring (bicyclic) bond motifs is 1. The van der Waals surface area contributed by atoms with Crippen molar-refractivity contribution in [2.45, 2.75) is 32.2 Å². The molecule has 1 heterocycles. The molecule has 130 valence electrons. The fourth-order valence-electron chi connectivity index (χ4n) is 2.78. The molecule has 3 rings (SSSR count). The van der Waals surface area contributed by atoms with Crippen molar-refractivity contribution in [3.05, 3.63) is 39.2 Å². The summed E-state index contributed by atoms with van der Waals surface area (Å²) in [5.74, 6) is 0.0175. The first-order valence-electron chi connectivity index (χ1n) is 7.91. The van der Waals surface area contributed by atoms with Crippen LogP contribution in [-0.2, 0) is 4.79 Å². The van der Waals surface area contributed by atoms with Crippen LogP contribution in [-0.4, -0.2) is 18.1 Å². The molecule has 0 aliphatic heterocycles. The zero-order chi connectivity index (χ0) is 18.2. The molecule has 0 bridgehead atoms. The molecule has 2 aromatic rings. The molecule has 25 heavy (non-hydrogen) atoms. The van der Waals surface area contributed by atoms with Gasteiger partial charge in [-0.25, -0.2) is 4.79 Å². The standard InChI is InChI=1S/C18H17ClN2O4/c1-10-5-17(23)25-14-7-15(13(19)6-12(10)14)24-8-16(22)21-18(2,9-20)11-3-4-11/h5-7,11H,3-4,8H2,1-2H3,(H,21,22)/t18-/m0/s1. The van der Waals surface area contributed by atoms with Crippen LogP contribution in [0, 0.1) is 24.2 Å². The zero-order valence-corrected chi connectivity index (χ0v) is 14.6. The van der Waals surface area contributed by atoms with E-state index in [1.807, 2.05) is 0 Å². The Morgan fingerprint density at radius 1 is 1.48 bits per heavy atom. The lowest BCUT2D eigenvalue weighted by Gasteiger charge is -2.22. The SMILES string of the molecule is Cc1cc(=O)oc2cc(OCC(=O)N[C@@](C)(C#N)C3CC3)c(Cl)cc12. The fourth-order valence-corrected chi connectivity index (χ4v) is 3.00. The second-order valence-electron chi connectivity index (χ2n) is 6.45. The molecule has 6 nitrogen and oxygen atoms in total. The summed E-state index contributed by atoms with van der Waals surface area (Å²) in [4.78, 5) is 23.6. The highest BCUT2D eigenvalue weighted by molar-refractivity contribution is 6.32. The van der Waals surface area contributed by atoms with Crippen LogP contribution in [0.5, 0.6) is 5.75 Å². The Morgan fingerprint density at radius 3 is 2.84 bits per heavy atom. The van der Waals surface area contributed by atoms with Gasteiger partial charge in [-0.15, -0.1) is 0 Å². The number of hydrogen-bond acceptors (Lipinski definition) is 5. The Hall–Kier alpha value is -2.52. The van der Waals surface area contributed by atoms with Gasteiger partial charge in [0, 0.05) is 17.5 Å². The number of amides is 1. The predicted octanol–water partition coefficient (Wildman–Crippen LogP) is 2.94. The minimum absolute atomic E-state index is 0.183. The van der Waals surface area contributed by atoms with Crippen molar-refractivity contribution in [3.8, 4) is 11.8 Å². The van der Waals surface area contributed by atoms with Crippen LogP contribution in [0.1, 0.15) is 25.3 Å². The number of halogens is 1. The third kappa shape index (κ3) is 3.62. The number of ether oxygens (including phenoxy) is 1. The van der Waals surface area contributed by atoms with E-state index >= 15 is 0 Å². The van der Waals surface area contributed by atoms with Gasteiger partial charge in [-0.05, 0) is 44.2 Å². The molecule has 1 aromatic carbocycles. The normalized spacial score (nSPS) is 16.1. The lowest BCUT2D eigenvalue weighted by atomic mass is 9.98. The van der Waals surface area contributed by atoms with Crippen LogP contribution in [0.2, 0.25) is 5.02 Å². The third-order valence-corrected chi connectivity index (χ3v) is 4.68. The van der Waals surface area contributed by atoms with Crippen molar-refractivity contribution >= 4 is 28.5 Å². The molecule has 1 atom stereocenters. The maximum absolute atomic E-state index is 12.1. The summed E-state index contributed by atoms with van der Waals surface area (Å²) in [6, 6.07) is 6.66. The van der Waals surface area contributed by atoms with E-state index in [4.69, 9.17) is 20.8 Å². The topological polar surface area (TPSA) is 92.3 Å². The molecule has 7 heteroatoms. The fraction of sp³-hybridized carbons (Fsp3) is 0.389. The summed E-state index contributed by atoms with van der Waals surface area (Å²) in [5.41, 5.74) is -0.265. The van der Waals surface area contributed by atoms with Crippen LogP contribution >= 0.6 is 11.6 Å². The Balaban J connectivity index is 1.75. The van der Waals surface area contributed by atoms with Crippen LogP contribution in [0.25, 0.3) is 11.0 Å². The van der Waals surface area contributed by atoms with Crippen LogP contribution < -0.4 is 15.7 Å². The van der Waals surface area contributed by atoms with Crippen LogP contribution in [0.15, 0.2) is 27.4 Å². The van der Waals surface area contributed by atoms with Gasteiger partial charge >= 0.3 is 5.63 Å². The summed E-state index contributed by atoms with van der Waals surface area (Å²) in [7, 11) is 0. The Labute approximate surface area is 149 Å². The first-order valence-corrected chi connectivity index (χ1v) is 8.29. The number of carbonyl (C=O) groups excluding carboxylic acids is 1. The van der Waals surface area contributed by atoms with Gasteiger partial charge in [-0.1, -0.05) is 11.6 Å². The molecule has 0 saturated heterocycles. The van der Waals surface area contributed by atoms with E-state index in [1.54, 1.807) is 19.9 Å². The van der Waals surface area contributed by atoms with E-state index < -0.39 is 17.1 Å². The molecule has 1 amide bonds. The molecule has 1 aromatic heterocycles. The minimum Gasteiger partial charge on any atom is -0.482 e. The minimum atomic E-state index is -0.877. The molecular weight excluding hydrogens is 344 g/mol. The monoisotopic (exact) mass is 360 g/mol. The summed E-state index contributed by atoms with van der Waals surface area (Å²) in [6.07, 6.45) is 1.86. The summed E-state index contributed by atoms with van der Waals surface area (Å²) < 4.78 is 10.6. The second kappa shape index (κ2) is 6.41. The maximum atomic E-state index is 12.1. The van der Waals surface area contributed by atoms with Crippen molar-refractivity contribution in [2.75, 3.05) is 6.61 Å². The number of carbonyl (C=O) groups is 1. The lowest BCUT2D eigenvalue weighted by molar-refractivity contribution is -0.124. The average Bonchev–Trinajstić information content (AvgIpc) is 3.39. The molecule has 0 unspecified atom stereocenters. The van der Waals surface area contributed by atoms with Gasteiger partial charge in [0.15, 0.2) is 6.61 Å². The molecule has 1 saturated carbocycles. The average molecular weight is 361 g/mol. The maximum Gasteiger partial charge on any atom is 0.336 e. The van der Waals surface area contributed by atoms with E-state index in [9.17, 15) is 14.9 Å².